The highest BCUT2D eigenvalue weighted by molar-refractivity contribution is 8.27. The first kappa shape index (κ1) is 29.4. The van der Waals surface area contributed by atoms with E-state index in [1.54, 1.807) is 12.3 Å². The molecule has 0 aliphatic carbocycles. The summed E-state index contributed by atoms with van der Waals surface area (Å²) in [6.45, 7) is 6.71. The molecule has 0 aromatic carbocycles. The summed E-state index contributed by atoms with van der Waals surface area (Å²) in [6.07, 6.45) is -8.92. The largest absolute Gasteiger partial charge is 0.406 e. The van der Waals surface area contributed by atoms with Crippen molar-refractivity contribution in [3.8, 4) is 0 Å². The van der Waals surface area contributed by atoms with Crippen LogP contribution in [0.25, 0.3) is 0 Å². The summed E-state index contributed by atoms with van der Waals surface area (Å²) in [6, 6.07) is -0.405. The maximum absolute atomic E-state index is 13.3. The number of aromatic nitrogens is 4. The van der Waals surface area contributed by atoms with Crippen LogP contribution >= 0.6 is 72.0 Å². The molecule has 3 heterocycles. The minimum absolute atomic E-state index is 0.0501. The van der Waals surface area contributed by atoms with Crippen LogP contribution in [0.3, 0.4) is 0 Å². The van der Waals surface area contributed by atoms with E-state index < -0.39 is 25.4 Å². The van der Waals surface area contributed by atoms with E-state index in [9.17, 15) is 26.3 Å². The van der Waals surface area contributed by atoms with Gasteiger partial charge in [-0.15, -0.1) is 14.9 Å². The number of hydrogen-bond donors (Lipinski definition) is 0. The van der Waals surface area contributed by atoms with Crippen molar-refractivity contribution >= 4 is 72.0 Å². The predicted octanol–water partition coefficient (Wildman–Crippen LogP) is 8.79. The average molecular weight is 616 g/mol. The first-order valence-corrected chi connectivity index (χ1v) is 14.5. The van der Waals surface area contributed by atoms with Crippen molar-refractivity contribution in [1.29, 1.82) is 0 Å². The molecule has 198 valence electrons. The second-order valence-electron chi connectivity index (χ2n) is 8.05. The van der Waals surface area contributed by atoms with Crippen LogP contribution < -0.4 is 0 Å². The molecule has 0 amide bonds. The molecular formula is C18H23F6N5S6. The number of imidazole rings is 2. The van der Waals surface area contributed by atoms with E-state index in [2.05, 4.69) is 0 Å². The molecule has 1 aliphatic rings. The van der Waals surface area contributed by atoms with Crippen LogP contribution in [0.2, 0.25) is 0 Å². The fraction of sp³-hybridized carbons (Fsp3) is 0.667. The van der Waals surface area contributed by atoms with Crippen LogP contribution in [-0.4, -0.2) is 39.5 Å². The molecular weight excluding hydrogens is 593 g/mol. The Hall–Kier alpha value is -0.200. The Bertz CT molecular complexity index is 1190. The smallest absolute Gasteiger partial charge is 0.307 e. The quantitative estimate of drug-likeness (QED) is 0.127. The van der Waals surface area contributed by atoms with Crippen molar-refractivity contribution in [2.75, 3.05) is 5.75 Å². The van der Waals surface area contributed by atoms with Gasteiger partial charge in [-0.3, -0.25) is 0 Å². The van der Waals surface area contributed by atoms with Gasteiger partial charge in [0.2, 0.25) is 0 Å². The van der Waals surface area contributed by atoms with Crippen LogP contribution in [0.5, 0.6) is 0 Å². The fourth-order valence-electron chi connectivity index (χ4n) is 3.39. The highest BCUT2D eigenvalue weighted by atomic mass is 32.3. The molecule has 0 bridgehead atoms. The summed E-state index contributed by atoms with van der Waals surface area (Å²) >= 11 is 15.4. The lowest BCUT2D eigenvalue weighted by molar-refractivity contribution is -0.143. The van der Waals surface area contributed by atoms with Crippen molar-refractivity contribution in [3.63, 3.8) is 0 Å². The van der Waals surface area contributed by atoms with Crippen molar-refractivity contribution in [1.82, 2.24) is 21.4 Å². The topological polar surface area (TPSA) is 23.0 Å². The van der Waals surface area contributed by atoms with Crippen molar-refractivity contribution in [2.24, 2.45) is 0 Å². The van der Waals surface area contributed by atoms with Gasteiger partial charge in [-0.2, -0.15) is 26.3 Å². The van der Waals surface area contributed by atoms with Gasteiger partial charge in [0.15, 0.2) is 9.54 Å². The molecule has 0 spiro atoms. The van der Waals surface area contributed by atoms with Gasteiger partial charge in [-0.05, 0) is 57.9 Å². The molecule has 0 atom stereocenters. The number of alkyl halides is 6. The number of thioether (sulfide) groups is 1. The molecule has 2 aromatic rings. The lowest BCUT2D eigenvalue weighted by Crippen LogP contribution is -2.19. The molecule has 0 saturated heterocycles. The Balaban J connectivity index is 2.06. The third-order valence-electron chi connectivity index (χ3n) is 4.64. The van der Waals surface area contributed by atoms with Gasteiger partial charge in [0.05, 0.1) is 0 Å². The molecule has 0 unspecified atom stereocenters. The third-order valence-corrected chi connectivity index (χ3v) is 10.2. The highest BCUT2D eigenvalue weighted by Gasteiger charge is 2.38. The van der Waals surface area contributed by atoms with Crippen LogP contribution in [-0.2, 0) is 13.1 Å². The van der Waals surface area contributed by atoms with E-state index in [0.717, 1.165) is 33.0 Å². The molecule has 17 heteroatoms. The van der Waals surface area contributed by atoms with E-state index >= 15 is 0 Å². The van der Waals surface area contributed by atoms with Crippen LogP contribution in [0, 0.1) is 9.54 Å². The normalized spacial score (nSPS) is 15.1. The number of halogens is 6. The van der Waals surface area contributed by atoms with Gasteiger partial charge in [0, 0.05) is 47.9 Å². The van der Waals surface area contributed by atoms with E-state index in [1.165, 1.54) is 23.7 Å². The minimum atomic E-state index is -4.46. The van der Waals surface area contributed by atoms with Crippen LogP contribution in [0.4, 0.5) is 26.3 Å². The minimum Gasteiger partial charge on any atom is -0.307 e. The molecule has 2 aromatic heterocycles. The third kappa shape index (κ3) is 6.45. The van der Waals surface area contributed by atoms with Gasteiger partial charge in [-0.25, -0.2) is 0 Å². The molecule has 1 aliphatic heterocycles. The molecule has 3 rings (SSSR count). The molecule has 0 radical (unpaired) electrons. The van der Waals surface area contributed by atoms with E-state index in [0.29, 0.717) is 25.9 Å². The zero-order valence-corrected chi connectivity index (χ0v) is 24.1. The molecule has 35 heavy (non-hydrogen) atoms. The monoisotopic (exact) mass is 615 g/mol. The van der Waals surface area contributed by atoms with Gasteiger partial charge < -0.3 is 18.3 Å². The Labute approximate surface area is 226 Å². The summed E-state index contributed by atoms with van der Waals surface area (Å²) in [7, 11) is 0. The first-order valence-electron chi connectivity index (χ1n) is 10.4. The molecule has 5 nitrogen and oxygen atoms in total. The van der Waals surface area contributed by atoms with E-state index in [-0.39, 0.29) is 21.6 Å². The van der Waals surface area contributed by atoms with Crippen LogP contribution in [0.15, 0.2) is 20.1 Å². The predicted molar refractivity (Wildman–Crippen MR) is 135 cm³/mol. The van der Waals surface area contributed by atoms with Gasteiger partial charge in [-0.1, -0.05) is 6.92 Å². The van der Waals surface area contributed by atoms with Crippen molar-refractivity contribution in [2.45, 2.75) is 92.2 Å². The Kier molecular flexibility index (Phi) is 9.13. The van der Waals surface area contributed by atoms with Gasteiger partial charge in [0.25, 0.3) is 0 Å². The van der Waals surface area contributed by atoms with Crippen LogP contribution in [0.1, 0.15) is 46.7 Å². The summed E-state index contributed by atoms with van der Waals surface area (Å²) in [4.78, 5) is 0. The summed E-state index contributed by atoms with van der Waals surface area (Å²) < 4.78 is 87.2. The number of rotatable bonds is 8. The number of fused-ring (bicyclic) bond motifs is 1. The van der Waals surface area contributed by atoms with Gasteiger partial charge in [0.1, 0.15) is 33.2 Å². The summed E-state index contributed by atoms with van der Waals surface area (Å²) in [5.74, 6) is 0.520. The standard InChI is InChI=1S/C18H23F6N5S6/c1-6-32-11-13(27(9(2)3)15(30)25(11)7-17(19,20)21)34-29-33-12-14(35-29)28(10(4)5)16(31)26(12)8-18(22,23)24/h9-10H,6-8H2,1-5H3. The SMILES string of the molecule is CCSc1c(SN2Sc3c(n(C(C)C)c(=S)n3CC(F)(F)F)S2)n(C(C)C)c(=S)n1CC(F)(F)F. The maximum Gasteiger partial charge on any atom is 0.406 e. The molecule has 0 N–H and O–H groups in total. The van der Waals surface area contributed by atoms with E-state index in [4.69, 9.17) is 24.4 Å². The number of nitrogens with zero attached hydrogens (tertiary/aromatic N) is 5. The summed E-state index contributed by atoms with van der Waals surface area (Å²) in [5, 5.41) is 1.82. The zero-order valence-electron chi connectivity index (χ0n) is 19.2. The fourth-order valence-corrected chi connectivity index (χ4v) is 9.57. The lowest BCUT2D eigenvalue weighted by Gasteiger charge is -2.18. The first-order chi connectivity index (χ1) is 16.1. The maximum atomic E-state index is 13.3. The molecule has 0 saturated carbocycles. The Morgan fingerprint density at radius 2 is 1.26 bits per heavy atom. The van der Waals surface area contributed by atoms with Crippen molar-refractivity contribution < 1.29 is 26.3 Å². The second kappa shape index (κ2) is 10.9. The van der Waals surface area contributed by atoms with Crippen molar-refractivity contribution in [3.05, 3.63) is 9.54 Å². The summed E-state index contributed by atoms with van der Waals surface area (Å²) in [5.41, 5.74) is 0. The Morgan fingerprint density at radius 3 is 1.74 bits per heavy atom. The Morgan fingerprint density at radius 1 is 0.771 bits per heavy atom. The second-order valence-corrected chi connectivity index (χ2v) is 13.5. The highest BCUT2D eigenvalue weighted by Crippen LogP contribution is 2.55. The average Bonchev–Trinajstić information content (AvgIpc) is 3.26. The van der Waals surface area contributed by atoms with Gasteiger partial charge >= 0.3 is 12.4 Å². The zero-order chi connectivity index (χ0) is 26.5. The van der Waals surface area contributed by atoms with E-state index in [1.807, 2.05) is 34.6 Å². The lowest BCUT2D eigenvalue weighted by atomic mass is 10.4. The number of hydrogen-bond acceptors (Lipinski definition) is 7. The molecule has 0 fully saturated rings.